The van der Waals surface area contributed by atoms with Gasteiger partial charge in [-0.3, -0.25) is 0 Å². The van der Waals surface area contributed by atoms with Gasteiger partial charge in [0.15, 0.2) is 0 Å². The second-order valence-electron chi connectivity index (χ2n) is 1.49. The molecule has 0 heterocycles. The summed E-state index contributed by atoms with van der Waals surface area (Å²) in [5, 5.41) is 8.84. The maximum Gasteiger partial charge on any atom is 0.128 e. The zero-order valence-corrected chi connectivity index (χ0v) is 6.32. The van der Waals surface area contributed by atoms with Gasteiger partial charge in [0.05, 0.1) is 0 Å². The van der Waals surface area contributed by atoms with Crippen molar-refractivity contribution in [3.05, 3.63) is 24.3 Å². The van der Waals surface area contributed by atoms with E-state index < -0.39 is 0 Å². The van der Waals surface area contributed by atoms with Crippen molar-refractivity contribution in [3.8, 4) is 5.75 Å². The number of hydrogen-bond donors (Lipinski definition) is 2. The minimum Gasteiger partial charge on any atom is -0.507 e. The Kier molecular flexibility index (Phi) is 3.50. The molecule has 1 nitrogen and oxygen atoms in total. The van der Waals surface area contributed by atoms with E-state index in [0.717, 1.165) is 0 Å². The van der Waals surface area contributed by atoms with E-state index in [1.165, 1.54) is 0 Å². The van der Waals surface area contributed by atoms with Crippen LogP contribution in [0.4, 0.5) is 0 Å². The SMILES string of the molecule is Cl.Oc1ccccc1S. The summed E-state index contributed by atoms with van der Waals surface area (Å²) in [7, 11) is 0. The van der Waals surface area contributed by atoms with Crippen molar-refractivity contribution < 1.29 is 5.11 Å². The lowest BCUT2D eigenvalue weighted by Gasteiger charge is -1.91. The Balaban J connectivity index is 0.000000640. The third kappa shape index (κ3) is 2.16. The minimum absolute atomic E-state index is 0. The highest BCUT2D eigenvalue weighted by Gasteiger charge is 1.88. The summed E-state index contributed by atoms with van der Waals surface area (Å²) in [5.74, 6) is 0.232. The van der Waals surface area contributed by atoms with Gasteiger partial charge in [-0.25, -0.2) is 0 Å². The number of rotatable bonds is 0. The summed E-state index contributed by atoms with van der Waals surface area (Å²) in [6.45, 7) is 0. The molecular weight excluding hydrogens is 156 g/mol. The van der Waals surface area contributed by atoms with Gasteiger partial charge < -0.3 is 5.11 Å². The number of phenolic OH excluding ortho intramolecular Hbond substituents is 1. The van der Waals surface area contributed by atoms with Crippen LogP contribution in [0.25, 0.3) is 0 Å². The van der Waals surface area contributed by atoms with Crippen LogP contribution >= 0.6 is 25.0 Å². The van der Waals surface area contributed by atoms with Crippen molar-refractivity contribution in [3.63, 3.8) is 0 Å². The van der Waals surface area contributed by atoms with Gasteiger partial charge in [0.25, 0.3) is 0 Å². The fraction of sp³-hybridized carbons (Fsp3) is 0. The van der Waals surface area contributed by atoms with Crippen LogP contribution < -0.4 is 0 Å². The van der Waals surface area contributed by atoms with Crippen LogP contribution in [0.1, 0.15) is 0 Å². The molecule has 0 bridgehead atoms. The quantitative estimate of drug-likeness (QED) is 0.560. The normalized spacial score (nSPS) is 8.11. The van der Waals surface area contributed by atoms with E-state index in [9.17, 15) is 0 Å². The summed E-state index contributed by atoms with van der Waals surface area (Å²) in [6, 6.07) is 6.91. The molecule has 0 radical (unpaired) electrons. The van der Waals surface area contributed by atoms with Gasteiger partial charge in [-0.2, -0.15) is 0 Å². The molecule has 0 fully saturated rings. The summed E-state index contributed by atoms with van der Waals surface area (Å²) >= 11 is 3.95. The van der Waals surface area contributed by atoms with Crippen LogP contribution in [0.3, 0.4) is 0 Å². The number of thiol groups is 1. The number of hydrogen-bond acceptors (Lipinski definition) is 2. The van der Waals surface area contributed by atoms with Crippen LogP contribution in [-0.4, -0.2) is 5.11 Å². The molecule has 0 atom stereocenters. The van der Waals surface area contributed by atoms with Gasteiger partial charge in [-0.05, 0) is 12.1 Å². The van der Waals surface area contributed by atoms with E-state index in [1.54, 1.807) is 18.2 Å². The lowest BCUT2D eigenvalue weighted by atomic mass is 10.3. The maximum absolute atomic E-state index is 8.84. The molecule has 0 saturated heterocycles. The monoisotopic (exact) mass is 162 g/mol. The number of halogens is 1. The van der Waals surface area contributed by atoms with E-state index in [1.807, 2.05) is 6.07 Å². The Hall–Kier alpha value is -0.340. The Labute approximate surface area is 65.5 Å². The lowest BCUT2D eigenvalue weighted by molar-refractivity contribution is 0.463. The Bertz CT molecular complexity index is 169. The third-order valence-corrected chi connectivity index (χ3v) is 1.26. The third-order valence-electron chi connectivity index (χ3n) is 0.882. The number of benzene rings is 1. The van der Waals surface area contributed by atoms with Crippen molar-refractivity contribution in [2.75, 3.05) is 0 Å². The standard InChI is InChI=1S/C6H6OS.ClH/c7-5-3-1-2-4-6(5)8;/h1-4,7-8H;1H. The first-order chi connectivity index (χ1) is 3.80. The molecule has 3 heteroatoms. The van der Waals surface area contributed by atoms with Gasteiger partial charge in [-0.1, -0.05) is 12.1 Å². The fourth-order valence-corrected chi connectivity index (χ4v) is 0.625. The molecule has 0 aromatic heterocycles. The van der Waals surface area contributed by atoms with Gasteiger partial charge in [0.2, 0.25) is 0 Å². The first-order valence-corrected chi connectivity index (χ1v) is 2.72. The van der Waals surface area contributed by atoms with Crippen LogP contribution in [0.15, 0.2) is 29.2 Å². The zero-order chi connectivity index (χ0) is 5.98. The average Bonchev–Trinajstić information content (AvgIpc) is 1.77. The van der Waals surface area contributed by atoms with Crippen LogP contribution in [0.2, 0.25) is 0 Å². The topological polar surface area (TPSA) is 20.2 Å². The predicted octanol–water partition coefficient (Wildman–Crippen LogP) is 2.10. The molecule has 0 aliphatic heterocycles. The van der Waals surface area contributed by atoms with Gasteiger partial charge in [-0.15, -0.1) is 25.0 Å². The van der Waals surface area contributed by atoms with E-state index in [0.29, 0.717) is 4.90 Å². The molecule has 0 aliphatic rings. The predicted molar refractivity (Wildman–Crippen MR) is 42.6 cm³/mol. The van der Waals surface area contributed by atoms with Gasteiger partial charge in [0.1, 0.15) is 5.75 Å². The summed E-state index contributed by atoms with van der Waals surface area (Å²) in [5.41, 5.74) is 0. The van der Waals surface area contributed by atoms with Crippen molar-refractivity contribution in [2.24, 2.45) is 0 Å². The summed E-state index contributed by atoms with van der Waals surface area (Å²) in [4.78, 5) is 0.618. The lowest BCUT2D eigenvalue weighted by Crippen LogP contribution is -1.64. The molecule has 9 heavy (non-hydrogen) atoms. The molecule has 1 N–H and O–H groups in total. The minimum atomic E-state index is 0. The molecule has 1 aromatic carbocycles. The van der Waals surface area contributed by atoms with Crippen molar-refractivity contribution in [2.45, 2.75) is 4.90 Å². The maximum atomic E-state index is 8.84. The highest BCUT2D eigenvalue weighted by molar-refractivity contribution is 7.80. The molecule has 0 unspecified atom stereocenters. The molecular formula is C6H7ClOS. The van der Waals surface area contributed by atoms with Crippen molar-refractivity contribution in [1.82, 2.24) is 0 Å². The Morgan fingerprint density at radius 3 is 2.11 bits per heavy atom. The van der Waals surface area contributed by atoms with E-state index in [4.69, 9.17) is 5.11 Å². The van der Waals surface area contributed by atoms with E-state index in [-0.39, 0.29) is 18.2 Å². The van der Waals surface area contributed by atoms with Gasteiger partial charge >= 0.3 is 0 Å². The molecule has 0 spiro atoms. The Morgan fingerprint density at radius 1 is 1.22 bits per heavy atom. The number of aromatic hydroxyl groups is 1. The highest BCUT2D eigenvalue weighted by atomic mass is 35.5. The zero-order valence-electron chi connectivity index (χ0n) is 4.61. The smallest absolute Gasteiger partial charge is 0.128 e. The molecule has 0 aliphatic carbocycles. The van der Waals surface area contributed by atoms with Gasteiger partial charge in [0, 0.05) is 4.90 Å². The largest absolute Gasteiger partial charge is 0.507 e. The molecule has 1 rings (SSSR count). The van der Waals surface area contributed by atoms with Crippen molar-refractivity contribution in [1.29, 1.82) is 0 Å². The Morgan fingerprint density at radius 2 is 1.78 bits per heavy atom. The average molecular weight is 163 g/mol. The molecule has 0 amide bonds. The molecule has 1 aromatic rings. The second-order valence-corrected chi connectivity index (χ2v) is 1.97. The first-order valence-electron chi connectivity index (χ1n) is 2.27. The van der Waals surface area contributed by atoms with E-state index in [2.05, 4.69) is 12.6 Å². The van der Waals surface area contributed by atoms with E-state index >= 15 is 0 Å². The number of para-hydroxylation sites is 1. The first kappa shape index (κ1) is 8.66. The number of phenols is 1. The molecule has 0 saturated carbocycles. The fourth-order valence-electron chi connectivity index (χ4n) is 0.464. The van der Waals surface area contributed by atoms with Crippen LogP contribution in [-0.2, 0) is 0 Å². The second kappa shape index (κ2) is 3.64. The van der Waals surface area contributed by atoms with Crippen molar-refractivity contribution >= 4 is 25.0 Å². The highest BCUT2D eigenvalue weighted by Crippen LogP contribution is 2.18. The molecule has 50 valence electrons. The summed E-state index contributed by atoms with van der Waals surface area (Å²) < 4.78 is 0. The van der Waals surface area contributed by atoms with Crippen LogP contribution in [0.5, 0.6) is 5.75 Å². The van der Waals surface area contributed by atoms with Crippen LogP contribution in [0, 0.1) is 0 Å². The summed E-state index contributed by atoms with van der Waals surface area (Å²) in [6.07, 6.45) is 0.